The number of aromatic nitrogens is 1. The Bertz CT molecular complexity index is 711. The Morgan fingerprint density at radius 3 is 2.72 bits per heavy atom. The molecule has 5 nitrogen and oxygen atoms in total. The molecule has 29 heavy (non-hydrogen) atoms. The van der Waals surface area contributed by atoms with Crippen LogP contribution in [0.1, 0.15) is 51.0 Å². The lowest BCUT2D eigenvalue weighted by Gasteiger charge is -2.43. The third-order valence-electron chi connectivity index (χ3n) is 5.99. The molecule has 1 aliphatic carbocycles. The molecule has 2 fully saturated rings. The number of anilines is 1. The van der Waals surface area contributed by atoms with E-state index in [4.69, 9.17) is 11.6 Å². The zero-order chi connectivity index (χ0) is 21.0. The van der Waals surface area contributed by atoms with Crippen LogP contribution in [0.3, 0.4) is 0 Å². The van der Waals surface area contributed by atoms with Gasteiger partial charge in [0.1, 0.15) is 5.82 Å². The molecule has 1 amide bonds. The van der Waals surface area contributed by atoms with Crippen molar-refractivity contribution < 1.29 is 18.0 Å². The molecule has 9 heteroatoms. The normalized spacial score (nSPS) is 22.0. The van der Waals surface area contributed by atoms with Gasteiger partial charge in [-0.15, -0.1) is 0 Å². The van der Waals surface area contributed by atoms with E-state index in [-0.39, 0.29) is 35.8 Å². The van der Waals surface area contributed by atoms with E-state index in [0.29, 0.717) is 5.92 Å². The maximum Gasteiger partial charge on any atom is 0.417 e. The van der Waals surface area contributed by atoms with Crippen LogP contribution in [0.4, 0.5) is 19.0 Å². The smallest absolute Gasteiger partial charge is 0.368 e. The predicted octanol–water partition coefficient (Wildman–Crippen LogP) is 4.33. The van der Waals surface area contributed by atoms with Crippen molar-refractivity contribution in [1.82, 2.24) is 15.2 Å². The van der Waals surface area contributed by atoms with Crippen molar-refractivity contribution in [3.63, 3.8) is 0 Å². The lowest BCUT2D eigenvalue weighted by atomic mass is 9.85. The van der Waals surface area contributed by atoms with Crippen molar-refractivity contribution in [2.75, 3.05) is 25.0 Å². The Balaban J connectivity index is 1.41. The average Bonchev–Trinajstić information content (AvgIpc) is 2.61. The second-order valence-electron chi connectivity index (χ2n) is 8.07. The molecule has 0 bridgehead atoms. The summed E-state index contributed by atoms with van der Waals surface area (Å²) in [6, 6.07) is 1.65. The summed E-state index contributed by atoms with van der Waals surface area (Å²) in [5, 5.41) is 5.78. The number of carbonyl (C=O) groups is 1. The van der Waals surface area contributed by atoms with Gasteiger partial charge in [0.2, 0.25) is 5.91 Å². The van der Waals surface area contributed by atoms with E-state index in [1.807, 2.05) is 0 Å². The first-order valence-corrected chi connectivity index (χ1v) is 10.6. The number of carbonyl (C=O) groups excluding carboxylic acids is 1. The van der Waals surface area contributed by atoms with Gasteiger partial charge in [-0.25, -0.2) is 4.98 Å². The highest BCUT2D eigenvalue weighted by Gasteiger charge is 2.32. The van der Waals surface area contributed by atoms with E-state index in [1.165, 1.54) is 25.7 Å². The number of likely N-dealkylation sites (tertiary alicyclic amines) is 1. The number of nitrogens with one attached hydrogen (secondary N) is 2. The molecule has 2 N–H and O–H groups in total. The van der Waals surface area contributed by atoms with Crippen LogP contribution < -0.4 is 10.6 Å². The third-order valence-corrected chi connectivity index (χ3v) is 6.28. The van der Waals surface area contributed by atoms with Crippen molar-refractivity contribution >= 4 is 23.3 Å². The monoisotopic (exact) mass is 432 g/mol. The Morgan fingerprint density at radius 1 is 1.34 bits per heavy atom. The molecule has 162 valence electrons. The maximum atomic E-state index is 12.6. The van der Waals surface area contributed by atoms with Crippen molar-refractivity contribution in [2.45, 2.75) is 63.7 Å². The highest BCUT2D eigenvalue weighted by Crippen LogP contribution is 2.32. The molecule has 0 spiro atoms. The second kappa shape index (κ2) is 9.51. The molecule has 1 saturated carbocycles. The number of nitrogens with zero attached hydrogens (tertiary/aromatic N) is 2. The van der Waals surface area contributed by atoms with Crippen LogP contribution in [-0.2, 0) is 11.0 Å². The molecular formula is C20H28ClF3N4O. The van der Waals surface area contributed by atoms with Crippen LogP contribution in [-0.4, -0.2) is 47.5 Å². The summed E-state index contributed by atoms with van der Waals surface area (Å²) in [6.07, 6.45) is 2.63. The molecule has 3 rings (SSSR count). The summed E-state index contributed by atoms with van der Waals surface area (Å²) < 4.78 is 37.9. The van der Waals surface area contributed by atoms with Crippen molar-refractivity contribution in [1.29, 1.82) is 0 Å². The predicted molar refractivity (Wildman–Crippen MR) is 107 cm³/mol. The van der Waals surface area contributed by atoms with Gasteiger partial charge in [0.05, 0.1) is 10.6 Å². The zero-order valence-corrected chi connectivity index (χ0v) is 17.3. The Kier molecular flexibility index (Phi) is 7.27. The first kappa shape index (κ1) is 22.2. The molecule has 0 radical (unpaired) electrons. The molecule has 1 aromatic heterocycles. The molecule has 0 unspecified atom stereocenters. The summed E-state index contributed by atoms with van der Waals surface area (Å²) in [4.78, 5) is 18.6. The van der Waals surface area contributed by atoms with Crippen LogP contribution in [0.5, 0.6) is 0 Å². The highest BCUT2D eigenvalue weighted by molar-refractivity contribution is 6.32. The van der Waals surface area contributed by atoms with Crippen molar-refractivity contribution in [3.05, 3.63) is 22.8 Å². The van der Waals surface area contributed by atoms with Gasteiger partial charge in [-0.2, -0.15) is 13.2 Å². The van der Waals surface area contributed by atoms with Crippen LogP contribution >= 0.6 is 11.6 Å². The summed E-state index contributed by atoms with van der Waals surface area (Å²) in [5.74, 6) is 0.505. The minimum Gasteiger partial charge on any atom is -0.368 e. The molecule has 2 heterocycles. The topological polar surface area (TPSA) is 57.3 Å². The van der Waals surface area contributed by atoms with Gasteiger partial charge >= 0.3 is 6.18 Å². The van der Waals surface area contributed by atoms with Gasteiger partial charge in [-0.3, -0.25) is 4.79 Å². The molecule has 1 aliphatic heterocycles. The Morgan fingerprint density at radius 2 is 2.10 bits per heavy atom. The first-order chi connectivity index (χ1) is 13.7. The molecule has 1 saturated heterocycles. The number of pyridine rings is 1. The second-order valence-corrected chi connectivity index (χ2v) is 8.47. The number of alkyl halides is 3. The van der Waals surface area contributed by atoms with Gasteiger partial charge in [0.15, 0.2) is 0 Å². The van der Waals surface area contributed by atoms with Crippen LogP contribution in [0.25, 0.3) is 0 Å². The Hall–Kier alpha value is -1.54. The average molecular weight is 433 g/mol. The lowest BCUT2D eigenvalue weighted by molar-refractivity contribution is -0.137. The number of rotatable bonds is 7. The fraction of sp³-hybridized carbons (Fsp3) is 0.700. The number of piperidine rings is 1. The minimum absolute atomic E-state index is 0.0891. The summed E-state index contributed by atoms with van der Waals surface area (Å²) in [7, 11) is 0. The third kappa shape index (κ3) is 5.98. The van der Waals surface area contributed by atoms with E-state index < -0.39 is 11.7 Å². The van der Waals surface area contributed by atoms with Gasteiger partial charge in [0.25, 0.3) is 0 Å². The van der Waals surface area contributed by atoms with Gasteiger partial charge < -0.3 is 15.5 Å². The lowest BCUT2D eigenvalue weighted by Crippen LogP contribution is -2.50. The SMILES string of the molecule is C[C@H](NC(=O)CCNc1ncc(C(F)(F)F)cc1Cl)[C@@H]1CCCN(C2CCC2)C1. The highest BCUT2D eigenvalue weighted by atomic mass is 35.5. The van der Waals surface area contributed by atoms with E-state index in [1.54, 1.807) is 0 Å². The van der Waals surface area contributed by atoms with Gasteiger partial charge in [0, 0.05) is 37.8 Å². The number of amides is 1. The van der Waals surface area contributed by atoms with Gasteiger partial charge in [-0.1, -0.05) is 18.0 Å². The van der Waals surface area contributed by atoms with Crippen LogP contribution in [0, 0.1) is 5.92 Å². The summed E-state index contributed by atoms with van der Waals surface area (Å²) >= 11 is 5.86. The van der Waals surface area contributed by atoms with Crippen LogP contribution in [0.15, 0.2) is 12.3 Å². The molecule has 2 aliphatic rings. The fourth-order valence-electron chi connectivity index (χ4n) is 3.99. The minimum atomic E-state index is -4.49. The van der Waals surface area contributed by atoms with Crippen molar-refractivity contribution in [2.24, 2.45) is 5.92 Å². The molecule has 1 aromatic rings. The first-order valence-electron chi connectivity index (χ1n) is 10.2. The Labute approximate surface area is 174 Å². The van der Waals surface area contributed by atoms with Crippen LogP contribution in [0.2, 0.25) is 5.02 Å². The largest absolute Gasteiger partial charge is 0.417 e. The number of hydrogen-bond acceptors (Lipinski definition) is 4. The quantitative estimate of drug-likeness (QED) is 0.673. The van der Waals surface area contributed by atoms with Gasteiger partial charge in [-0.05, 0) is 51.1 Å². The molecule has 2 atom stereocenters. The zero-order valence-electron chi connectivity index (χ0n) is 16.6. The van der Waals surface area contributed by atoms with E-state index in [9.17, 15) is 18.0 Å². The summed E-state index contributed by atoms with van der Waals surface area (Å²) in [5.41, 5.74) is -0.900. The molecular weight excluding hydrogens is 405 g/mol. The standard InChI is InChI=1S/C20H28ClF3N4O/c1-13(14-4-3-9-28(12-14)16-5-2-6-16)27-18(29)7-8-25-19-17(21)10-15(11-26-19)20(22,23)24/h10-11,13-14,16H,2-9,12H2,1H3,(H,25,26)(H,27,29)/t13-,14+/m0/s1. The number of hydrogen-bond donors (Lipinski definition) is 2. The van der Waals surface area contributed by atoms with E-state index >= 15 is 0 Å². The van der Waals surface area contributed by atoms with E-state index in [2.05, 4.69) is 27.4 Å². The fourth-order valence-corrected chi connectivity index (χ4v) is 4.23. The maximum absolute atomic E-state index is 12.6. The van der Waals surface area contributed by atoms with Crippen molar-refractivity contribution in [3.8, 4) is 0 Å². The molecule has 0 aromatic carbocycles. The van der Waals surface area contributed by atoms with E-state index in [0.717, 1.165) is 37.8 Å². The summed E-state index contributed by atoms with van der Waals surface area (Å²) in [6.45, 7) is 4.49. The number of halogens is 4.